The molecule has 0 aromatic heterocycles. The van der Waals surface area contributed by atoms with E-state index < -0.39 is 17.9 Å². The van der Waals surface area contributed by atoms with Gasteiger partial charge in [0.15, 0.2) is 5.92 Å². The lowest BCUT2D eigenvalue weighted by atomic mass is 9.85. The van der Waals surface area contributed by atoms with E-state index in [9.17, 15) is 14.7 Å². The molecule has 140 valence electrons. The van der Waals surface area contributed by atoms with E-state index in [2.05, 4.69) is 0 Å². The zero-order valence-corrected chi connectivity index (χ0v) is 15.6. The fraction of sp³-hybridized carbons (Fsp3) is 0.900. The van der Waals surface area contributed by atoms with E-state index in [-0.39, 0.29) is 6.10 Å². The van der Waals surface area contributed by atoms with Crippen molar-refractivity contribution in [2.45, 2.75) is 103 Å². The summed E-state index contributed by atoms with van der Waals surface area (Å²) in [7, 11) is 0. The summed E-state index contributed by atoms with van der Waals surface area (Å²) in [5.41, 5.74) is 0. The summed E-state index contributed by atoms with van der Waals surface area (Å²) in [6.45, 7) is 3.71. The molecule has 0 spiro atoms. The number of ether oxygens (including phenoxy) is 1. The molecule has 0 aromatic carbocycles. The van der Waals surface area contributed by atoms with E-state index in [1.807, 2.05) is 6.92 Å². The number of rotatable bonds is 12. The molecule has 0 bridgehead atoms. The Morgan fingerprint density at radius 3 is 2.29 bits per heavy atom. The summed E-state index contributed by atoms with van der Waals surface area (Å²) in [5, 5.41) is 9.21. The zero-order chi connectivity index (χ0) is 17.8. The van der Waals surface area contributed by atoms with Crippen LogP contribution < -0.4 is 0 Å². The minimum atomic E-state index is -1.05. The molecule has 2 unspecified atom stereocenters. The van der Waals surface area contributed by atoms with Crippen LogP contribution in [0, 0.1) is 11.8 Å². The SMILES string of the molecule is CCC(C)OC(=O)C(CCCCCCCC1CCCCC1)C(=O)O. The first-order valence-electron chi connectivity index (χ1n) is 9.97. The zero-order valence-electron chi connectivity index (χ0n) is 15.6. The van der Waals surface area contributed by atoms with Crippen LogP contribution in [-0.4, -0.2) is 23.1 Å². The molecule has 1 N–H and O–H groups in total. The van der Waals surface area contributed by atoms with Crippen LogP contribution in [0.3, 0.4) is 0 Å². The van der Waals surface area contributed by atoms with Crippen LogP contribution in [0.4, 0.5) is 0 Å². The molecule has 4 nitrogen and oxygen atoms in total. The van der Waals surface area contributed by atoms with Crippen LogP contribution in [0.25, 0.3) is 0 Å². The average Bonchev–Trinajstić information content (AvgIpc) is 2.57. The Morgan fingerprint density at radius 1 is 1.04 bits per heavy atom. The van der Waals surface area contributed by atoms with Crippen molar-refractivity contribution in [2.75, 3.05) is 0 Å². The van der Waals surface area contributed by atoms with Gasteiger partial charge < -0.3 is 9.84 Å². The van der Waals surface area contributed by atoms with Gasteiger partial charge in [-0.15, -0.1) is 0 Å². The summed E-state index contributed by atoms with van der Waals surface area (Å²) < 4.78 is 5.17. The number of hydrogen-bond acceptors (Lipinski definition) is 3. The fourth-order valence-corrected chi connectivity index (χ4v) is 3.49. The van der Waals surface area contributed by atoms with Gasteiger partial charge >= 0.3 is 11.9 Å². The molecule has 0 saturated heterocycles. The first-order valence-corrected chi connectivity index (χ1v) is 9.97. The lowest BCUT2D eigenvalue weighted by Gasteiger charge is -2.21. The summed E-state index contributed by atoms with van der Waals surface area (Å²) in [4.78, 5) is 23.1. The van der Waals surface area contributed by atoms with Crippen molar-refractivity contribution in [3.8, 4) is 0 Å². The van der Waals surface area contributed by atoms with Gasteiger partial charge in [0.1, 0.15) is 0 Å². The quantitative estimate of drug-likeness (QED) is 0.296. The molecule has 4 heteroatoms. The van der Waals surface area contributed by atoms with Crippen molar-refractivity contribution in [3.63, 3.8) is 0 Å². The molecule has 0 amide bonds. The fourth-order valence-electron chi connectivity index (χ4n) is 3.49. The Hall–Kier alpha value is -1.06. The minimum Gasteiger partial charge on any atom is -0.481 e. The topological polar surface area (TPSA) is 63.6 Å². The summed E-state index contributed by atoms with van der Waals surface area (Å²) in [6.07, 6.45) is 14.8. The van der Waals surface area contributed by atoms with Crippen molar-refractivity contribution in [3.05, 3.63) is 0 Å². The third-order valence-electron chi connectivity index (χ3n) is 5.30. The molecule has 1 aliphatic rings. The molecular formula is C20H36O4. The van der Waals surface area contributed by atoms with Gasteiger partial charge in [0, 0.05) is 0 Å². The first kappa shape index (κ1) is 21.0. The van der Waals surface area contributed by atoms with E-state index in [1.54, 1.807) is 6.92 Å². The molecular weight excluding hydrogens is 304 g/mol. The Bertz CT molecular complexity index is 361. The smallest absolute Gasteiger partial charge is 0.320 e. The maximum atomic E-state index is 11.9. The highest BCUT2D eigenvalue weighted by atomic mass is 16.5. The lowest BCUT2D eigenvalue weighted by molar-refractivity contribution is -0.162. The Labute approximate surface area is 147 Å². The standard InChI is InChI=1S/C20H36O4/c1-3-16(2)24-20(23)18(19(21)22)15-11-6-4-5-8-12-17-13-9-7-10-14-17/h16-18H,3-15H2,1-2H3,(H,21,22). The van der Waals surface area contributed by atoms with Gasteiger partial charge in [-0.1, -0.05) is 77.6 Å². The van der Waals surface area contributed by atoms with Crippen LogP contribution in [0.1, 0.15) is 97.3 Å². The second-order valence-electron chi connectivity index (χ2n) is 7.40. The lowest BCUT2D eigenvalue weighted by Crippen LogP contribution is -2.28. The summed E-state index contributed by atoms with van der Waals surface area (Å²) >= 11 is 0. The number of aliphatic carboxylic acids is 1. The van der Waals surface area contributed by atoms with E-state index in [4.69, 9.17) is 4.74 Å². The predicted molar refractivity (Wildman–Crippen MR) is 95.9 cm³/mol. The third-order valence-corrected chi connectivity index (χ3v) is 5.30. The number of esters is 1. The van der Waals surface area contributed by atoms with Crippen molar-refractivity contribution in [1.29, 1.82) is 0 Å². The molecule has 0 radical (unpaired) electrons. The van der Waals surface area contributed by atoms with Gasteiger partial charge in [-0.05, 0) is 25.7 Å². The number of hydrogen-bond donors (Lipinski definition) is 1. The number of unbranched alkanes of at least 4 members (excludes halogenated alkanes) is 4. The predicted octanol–water partition coefficient (Wildman–Crippen LogP) is 5.34. The van der Waals surface area contributed by atoms with Gasteiger partial charge in [-0.3, -0.25) is 9.59 Å². The maximum absolute atomic E-state index is 11.9. The van der Waals surface area contributed by atoms with Crippen molar-refractivity contribution in [1.82, 2.24) is 0 Å². The van der Waals surface area contributed by atoms with Gasteiger partial charge in [0.05, 0.1) is 6.10 Å². The highest BCUT2D eigenvalue weighted by Crippen LogP contribution is 2.28. The van der Waals surface area contributed by atoms with E-state index in [1.165, 1.54) is 51.4 Å². The monoisotopic (exact) mass is 340 g/mol. The van der Waals surface area contributed by atoms with E-state index >= 15 is 0 Å². The second kappa shape index (κ2) is 12.3. The number of carboxylic acid groups (broad SMARTS) is 1. The molecule has 0 aromatic rings. The average molecular weight is 341 g/mol. The number of carboxylic acids is 1. The van der Waals surface area contributed by atoms with Crippen molar-refractivity contribution >= 4 is 11.9 Å². The minimum absolute atomic E-state index is 0.209. The van der Waals surface area contributed by atoms with Crippen molar-refractivity contribution in [2.24, 2.45) is 11.8 Å². The highest BCUT2D eigenvalue weighted by molar-refractivity contribution is 5.93. The van der Waals surface area contributed by atoms with Crippen LogP contribution in [0.5, 0.6) is 0 Å². The third kappa shape index (κ3) is 8.70. The van der Waals surface area contributed by atoms with Gasteiger partial charge in [0.25, 0.3) is 0 Å². The van der Waals surface area contributed by atoms with Crippen molar-refractivity contribution < 1.29 is 19.4 Å². The van der Waals surface area contributed by atoms with Gasteiger partial charge in [-0.25, -0.2) is 0 Å². The Balaban J connectivity index is 2.10. The van der Waals surface area contributed by atoms with E-state index in [0.717, 1.165) is 25.2 Å². The number of carbonyl (C=O) groups excluding carboxylic acids is 1. The van der Waals surface area contributed by atoms with Crippen LogP contribution in [0.15, 0.2) is 0 Å². The highest BCUT2D eigenvalue weighted by Gasteiger charge is 2.28. The Morgan fingerprint density at radius 2 is 1.67 bits per heavy atom. The summed E-state index contributed by atoms with van der Waals surface area (Å²) in [5.74, 6) is -1.68. The molecule has 1 fully saturated rings. The molecule has 0 aliphatic heterocycles. The molecule has 1 aliphatic carbocycles. The summed E-state index contributed by atoms with van der Waals surface area (Å²) in [6, 6.07) is 0. The molecule has 1 rings (SSSR count). The second-order valence-corrected chi connectivity index (χ2v) is 7.40. The normalized spacial score (nSPS) is 18.1. The van der Waals surface area contributed by atoms with Gasteiger partial charge in [-0.2, -0.15) is 0 Å². The van der Waals surface area contributed by atoms with E-state index in [0.29, 0.717) is 12.8 Å². The van der Waals surface area contributed by atoms with Crippen LogP contribution in [0.2, 0.25) is 0 Å². The first-order chi connectivity index (χ1) is 11.5. The molecule has 1 saturated carbocycles. The Kier molecular flexibility index (Phi) is 10.8. The van der Waals surface area contributed by atoms with Crippen LogP contribution >= 0.6 is 0 Å². The largest absolute Gasteiger partial charge is 0.481 e. The number of carbonyl (C=O) groups is 2. The van der Waals surface area contributed by atoms with Crippen LogP contribution in [-0.2, 0) is 14.3 Å². The molecule has 24 heavy (non-hydrogen) atoms. The molecule has 0 heterocycles. The van der Waals surface area contributed by atoms with Gasteiger partial charge in [0.2, 0.25) is 0 Å². The molecule has 2 atom stereocenters. The maximum Gasteiger partial charge on any atom is 0.320 e.